The largest absolute Gasteiger partial charge is 1.00 e. The first kappa shape index (κ1) is 14.6. The molecule has 0 radical (unpaired) electrons. The fourth-order valence-corrected chi connectivity index (χ4v) is 1.37. The van der Waals surface area contributed by atoms with Gasteiger partial charge in [0.05, 0.1) is 5.29 Å². The quantitative estimate of drug-likeness (QED) is 0.453. The van der Waals surface area contributed by atoms with Crippen molar-refractivity contribution in [3.8, 4) is 5.75 Å². The second kappa shape index (κ2) is 7.81. The molecule has 1 aromatic carbocycles. The van der Waals surface area contributed by atoms with Crippen LogP contribution in [0.25, 0.3) is 0 Å². The summed E-state index contributed by atoms with van der Waals surface area (Å²) in [5.41, 5.74) is 3.29. The summed E-state index contributed by atoms with van der Waals surface area (Å²) in [6.45, 7) is 0.417. The second-order valence-corrected chi connectivity index (χ2v) is 3.33. The first-order chi connectivity index (χ1) is 8.40. The van der Waals surface area contributed by atoms with E-state index in [0.717, 1.165) is 5.56 Å². The van der Waals surface area contributed by atoms with Crippen molar-refractivity contribution in [3.05, 3.63) is 59.1 Å². The van der Waals surface area contributed by atoms with Crippen molar-refractivity contribution in [3.63, 3.8) is 0 Å². The molecule has 0 aliphatic carbocycles. The van der Waals surface area contributed by atoms with Crippen LogP contribution in [0.15, 0.2) is 53.9 Å². The Morgan fingerprint density at radius 3 is 2.67 bits per heavy atom. The Balaban J connectivity index is 0.00000162. The molecule has 0 saturated carbocycles. The Labute approximate surface area is 127 Å². The minimum Gasteiger partial charge on any atom is -0.485 e. The van der Waals surface area contributed by atoms with E-state index in [1.165, 1.54) is 0 Å². The molecule has 1 heterocycles. The second-order valence-electron chi connectivity index (χ2n) is 3.33. The number of benzene rings is 1. The van der Waals surface area contributed by atoms with Gasteiger partial charge in [-0.1, -0.05) is 30.3 Å². The minimum absolute atomic E-state index is 0. The number of nitroso groups, excluding NO2 is 1. The van der Waals surface area contributed by atoms with Crippen LogP contribution < -0.4 is 39.7 Å². The first-order valence-corrected chi connectivity index (χ1v) is 5.10. The molecule has 0 aliphatic heterocycles. The molecule has 5 nitrogen and oxygen atoms in total. The average molecular weight is 252 g/mol. The third-order valence-electron chi connectivity index (χ3n) is 2.16. The third kappa shape index (κ3) is 4.10. The number of aromatic nitrogens is 1. The summed E-state index contributed by atoms with van der Waals surface area (Å²) in [6, 6.07) is 13.2. The predicted octanol–water partition coefficient (Wildman–Crippen LogP) is -0.242. The maximum atomic E-state index is 10.1. The van der Waals surface area contributed by atoms with Crippen LogP contribution in [0.4, 0.5) is 5.82 Å². The van der Waals surface area contributed by atoms with Crippen LogP contribution in [0.1, 0.15) is 5.56 Å². The summed E-state index contributed by atoms with van der Waals surface area (Å²) in [6.07, 6.45) is 1.56. The summed E-state index contributed by atoms with van der Waals surface area (Å²) < 4.78 is 5.55. The third-order valence-corrected chi connectivity index (χ3v) is 2.16. The number of nitrogens with zero attached hydrogens (tertiary/aromatic N) is 2. The van der Waals surface area contributed by atoms with Crippen LogP contribution in [0.5, 0.6) is 5.75 Å². The van der Waals surface area contributed by atoms with E-state index in [2.05, 4.69) is 15.7 Å². The van der Waals surface area contributed by atoms with E-state index in [1.54, 1.807) is 18.3 Å². The summed E-state index contributed by atoms with van der Waals surface area (Å²) in [4.78, 5) is 14.1. The van der Waals surface area contributed by atoms with Gasteiger partial charge in [-0.05, 0) is 17.7 Å². The van der Waals surface area contributed by atoms with Crippen molar-refractivity contribution < 1.29 is 34.3 Å². The Morgan fingerprint density at radius 2 is 1.94 bits per heavy atom. The van der Waals surface area contributed by atoms with Gasteiger partial charge < -0.3 is 4.74 Å². The van der Waals surface area contributed by atoms with Gasteiger partial charge in [0, 0.05) is 6.20 Å². The van der Waals surface area contributed by atoms with Crippen LogP contribution in [-0.4, -0.2) is 4.98 Å². The van der Waals surface area contributed by atoms with E-state index < -0.39 is 0 Å². The SMILES string of the molecule is O=NNc1ncccc1OCc1ccccc1.[Na+]. The van der Waals surface area contributed by atoms with Crippen LogP contribution in [-0.2, 0) is 6.61 Å². The van der Waals surface area contributed by atoms with Crippen molar-refractivity contribution in [2.45, 2.75) is 6.61 Å². The van der Waals surface area contributed by atoms with Gasteiger partial charge in [0.25, 0.3) is 0 Å². The molecule has 2 rings (SSSR count). The zero-order chi connectivity index (χ0) is 11.9. The first-order valence-electron chi connectivity index (χ1n) is 5.10. The molecule has 18 heavy (non-hydrogen) atoms. The van der Waals surface area contributed by atoms with E-state index in [4.69, 9.17) is 4.74 Å². The van der Waals surface area contributed by atoms with Crippen molar-refractivity contribution >= 4 is 5.82 Å². The van der Waals surface area contributed by atoms with Crippen LogP contribution in [0, 0.1) is 4.91 Å². The number of ether oxygens (including phenoxy) is 1. The number of anilines is 1. The monoisotopic (exact) mass is 252 g/mol. The van der Waals surface area contributed by atoms with E-state index >= 15 is 0 Å². The molecule has 0 amide bonds. The van der Waals surface area contributed by atoms with E-state index in [1.807, 2.05) is 30.3 Å². The fraction of sp³-hybridized carbons (Fsp3) is 0.0833. The van der Waals surface area contributed by atoms with Gasteiger partial charge in [-0.3, -0.25) is 0 Å². The Morgan fingerprint density at radius 1 is 1.17 bits per heavy atom. The molecule has 0 saturated heterocycles. The number of hydrogen-bond donors (Lipinski definition) is 1. The molecule has 0 aliphatic rings. The molecule has 0 fully saturated rings. The number of hydrogen-bond acceptors (Lipinski definition) is 4. The summed E-state index contributed by atoms with van der Waals surface area (Å²) in [5, 5.41) is 2.58. The number of pyridine rings is 1. The molecule has 1 aromatic heterocycles. The Kier molecular flexibility index (Phi) is 6.35. The molecule has 0 atom stereocenters. The molecule has 2 aromatic rings. The fourth-order valence-electron chi connectivity index (χ4n) is 1.37. The predicted molar refractivity (Wildman–Crippen MR) is 64.4 cm³/mol. The van der Waals surface area contributed by atoms with Gasteiger partial charge in [-0.25, -0.2) is 10.4 Å². The van der Waals surface area contributed by atoms with Gasteiger partial charge >= 0.3 is 29.6 Å². The number of rotatable bonds is 5. The van der Waals surface area contributed by atoms with Crippen molar-refractivity contribution in [1.82, 2.24) is 4.98 Å². The van der Waals surface area contributed by atoms with Gasteiger partial charge in [0.1, 0.15) is 6.61 Å². The van der Waals surface area contributed by atoms with Crippen molar-refractivity contribution in [2.24, 2.45) is 5.29 Å². The molecule has 1 N–H and O–H groups in total. The maximum Gasteiger partial charge on any atom is 1.00 e. The van der Waals surface area contributed by atoms with E-state index in [0.29, 0.717) is 18.2 Å². The molecular weight excluding hydrogens is 241 g/mol. The van der Waals surface area contributed by atoms with Crippen molar-refractivity contribution in [2.75, 3.05) is 5.43 Å². The van der Waals surface area contributed by atoms with E-state index in [-0.39, 0.29) is 29.6 Å². The zero-order valence-corrected chi connectivity index (χ0v) is 12.0. The Hall–Kier alpha value is -1.43. The summed E-state index contributed by atoms with van der Waals surface area (Å²) >= 11 is 0. The Bertz CT molecular complexity index is 494. The minimum atomic E-state index is 0. The zero-order valence-electron chi connectivity index (χ0n) is 10.0. The topological polar surface area (TPSA) is 63.6 Å². The molecule has 6 heteroatoms. The van der Waals surface area contributed by atoms with Gasteiger partial charge in [0.15, 0.2) is 11.6 Å². The molecule has 86 valence electrons. The van der Waals surface area contributed by atoms with Crippen LogP contribution in [0.2, 0.25) is 0 Å². The molecule has 0 spiro atoms. The molecular formula is C12H11N3NaO2+. The maximum absolute atomic E-state index is 10.1. The normalized spacial score (nSPS) is 9.11. The van der Waals surface area contributed by atoms with Gasteiger partial charge in [-0.15, -0.1) is 4.91 Å². The van der Waals surface area contributed by atoms with Crippen LogP contribution >= 0.6 is 0 Å². The molecule has 0 unspecified atom stereocenters. The standard InChI is InChI=1S/C12H11N3O2.Na/c16-15-14-12-11(7-4-8-13-12)17-9-10-5-2-1-3-6-10;/h1-8H,9H2,(H,13,14,16);/q;+1. The van der Waals surface area contributed by atoms with E-state index in [9.17, 15) is 4.91 Å². The molecule has 0 bridgehead atoms. The van der Waals surface area contributed by atoms with Gasteiger partial charge in [0.2, 0.25) is 0 Å². The summed E-state index contributed by atoms with van der Waals surface area (Å²) in [7, 11) is 0. The van der Waals surface area contributed by atoms with Gasteiger partial charge in [-0.2, -0.15) is 0 Å². The summed E-state index contributed by atoms with van der Waals surface area (Å²) in [5.74, 6) is 0.814. The van der Waals surface area contributed by atoms with Crippen molar-refractivity contribution in [1.29, 1.82) is 0 Å². The number of nitrogens with one attached hydrogen (secondary N) is 1. The average Bonchev–Trinajstić information content (AvgIpc) is 2.39. The smallest absolute Gasteiger partial charge is 0.485 e. The van der Waals surface area contributed by atoms with Crippen LogP contribution in [0.3, 0.4) is 0 Å².